The Kier molecular flexibility index (Phi) is 3.24. The first-order valence-corrected chi connectivity index (χ1v) is 6.60. The van der Waals surface area contributed by atoms with E-state index in [9.17, 15) is 9.59 Å². The average molecular weight is 275 g/mol. The molecule has 3 nitrogen and oxygen atoms in total. The molecule has 2 N–H and O–H groups in total. The van der Waals surface area contributed by atoms with Crippen molar-refractivity contribution in [1.29, 1.82) is 0 Å². The van der Waals surface area contributed by atoms with Crippen LogP contribution in [0.25, 0.3) is 10.8 Å². The summed E-state index contributed by atoms with van der Waals surface area (Å²) in [4.78, 5) is 24.3. The Morgan fingerprint density at radius 1 is 0.714 bits per heavy atom. The second-order valence-electron chi connectivity index (χ2n) is 4.77. The van der Waals surface area contributed by atoms with Crippen LogP contribution in [0.5, 0.6) is 0 Å². The summed E-state index contributed by atoms with van der Waals surface area (Å²) >= 11 is 0. The number of benzene rings is 3. The second kappa shape index (κ2) is 5.21. The molecule has 3 aromatic carbocycles. The number of hydrogen-bond acceptors (Lipinski definition) is 2. The summed E-state index contributed by atoms with van der Waals surface area (Å²) < 4.78 is 0. The number of fused-ring (bicyclic) bond motifs is 1. The minimum absolute atomic E-state index is 0.116. The Balaban J connectivity index is 2.28. The predicted molar refractivity (Wildman–Crippen MR) is 82.3 cm³/mol. The molecule has 102 valence electrons. The third-order valence-electron chi connectivity index (χ3n) is 3.45. The minimum Gasteiger partial charge on any atom is -0.366 e. The predicted octanol–water partition coefficient (Wildman–Crippen LogP) is 3.17. The van der Waals surface area contributed by atoms with Crippen LogP contribution in [0.3, 0.4) is 0 Å². The van der Waals surface area contributed by atoms with E-state index in [0.29, 0.717) is 22.1 Å². The third kappa shape index (κ3) is 2.30. The molecule has 0 aliphatic heterocycles. The van der Waals surface area contributed by atoms with E-state index in [-0.39, 0.29) is 5.78 Å². The Hall–Kier alpha value is -2.94. The molecule has 0 radical (unpaired) electrons. The van der Waals surface area contributed by atoms with Crippen LogP contribution in [0.4, 0.5) is 0 Å². The largest absolute Gasteiger partial charge is 0.366 e. The second-order valence-corrected chi connectivity index (χ2v) is 4.77. The summed E-state index contributed by atoms with van der Waals surface area (Å²) in [5, 5.41) is 1.44. The van der Waals surface area contributed by atoms with Crippen molar-refractivity contribution in [3.63, 3.8) is 0 Å². The zero-order valence-electron chi connectivity index (χ0n) is 11.2. The molecule has 0 spiro atoms. The van der Waals surface area contributed by atoms with Gasteiger partial charge in [0.1, 0.15) is 0 Å². The number of rotatable bonds is 3. The molecule has 0 saturated carbocycles. The van der Waals surface area contributed by atoms with Crippen LogP contribution in [0, 0.1) is 0 Å². The van der Waals surface area contributed by atoms with E-state index in [2.05, 4.69) is 0 Å². The van der Waals surface area contributed by atoms with Gasteiger partial charge in [-0.3, -0.25) is 9.59 Å². The third-order valence-corrected chi connectivity index (χ3v) is 3.45. The molecule has 0 aromatic heterocycles. The van der Waals surface area contributed by atoms with Gasteiger partial charge in [0.25, 0.3) is 0 Å². The van der Waals surface area contributed by atoms with E-state index in [1.807, 2.05) is 36.4 Å². The summed E-state index contributed by atoms with van der Waals surface area (Å²) in [6.07, 6.45) is 0. The number of nitrogens with two attached hydrogens (primary N) is 1. The van der Waals surface area contributed by atoms with Crippen molar-refractivity contribution >= 4 is 22.5 Å². The summed E-state index contributed by atoms with van der Waals surface area (Å²) in [6, 6.07) is 19.7. The summed E-state index contributed by atoms with van der Waals surface area (Å²) in [5.74, 6) is -0.649. The van der Waals surface area contributed by atoms with Gasteiger partial charge in [-0.1, -0.05) is 60.7 Å². The van der Waals surface area contributed by atoms with Crippen molar-refractivity contribution in [3.8, 4) is 0 Å². The maximum absolute atomic E-state index is 12.7. The van der Waals surface area contributed by atoms with Gasteiger partial charge in [0.15, 0.2) is 5.78 Å². The molecule has 21 heavy (non-hydrogen) atoms. The first-order valence-electron chi connectivity index (χ1n) is 6.60. The highest BCUT2D eigenvalue weighted by Crippen LogP contribution is 2.25. The number of carbonyl (C=O) groups is 2. The van der Waals surface area contributed by atoms with Crippen LogP contribution in [-0.2, 0) is 0 Å². The molecule has 1 amide bonds. The van der Waals surface area contributed by atoms with Gasteiger partial charge in [-0.15, -0.1) is 0 Å². The maximum atomic E-state index is 12.7. The first-order chi connectivity index (χ1) is 10.2. The molecular formula is C18H13NO2. The van der Waals surface area contributed by atoms with Gasteiger partial charge in [0, 0.05) is 22.1 Å². The minimum atomic E-state index is -0.533. The van der Waals surface area contributed by atoms with Crippen LogP contribution >= 0.6 is 0 Å². The molecule has 0 heterocycles. The van der Waals surface area contributed by atoms with Crippen molar-refractivity contribution in [3.05, 3.63) is 83.4 Å². The fourth-order valence-corrected chi connectivity index (χ4v) is 2.48. The number of ketones is 1. The van der Waals surface area contributed by atoms with Crippen LogP contribution < -0.4 is 5.73 Å². The lowest BCUT2D eigenvalue weighted by atomic mass is 9.94. The Labute approximate surface area is 122 Å². The monoisotopic (exact) mass is 275 g/mol. The summed E-state index contributed by atoms with van der Waals surface area (Å²) in [7, 11) is 0. The number of carbonyl (C=O) groups excluding carboxylic acids is 2. The molecule has 0 saturated heterocycles. The lowest BCUT2D eigenvalue weighted by Crippen LogP contribution is -2.13. The molecule has 0 unspecified atom stereocenters. The lowest BCUT2D eigenvalue weighted by Gasteiger charge is -2.09. The molecule has 3 heteroatoms. The van der Waals surface area contributed by atoms with Gasteiger partial charge in [0.2, 0.25) is 5.91 Å². The van der Waals surface area contributed by atoms with Crippen molar-refractivity contribution < 1.29 is 9.59 Å². The van der Waals surface area contributed by atoms with Gasteiger partial charge in [-0.2, -0.15) is 0 Å². The van der Waals surface area contributed by atoms with Crippen molar-refractivity contribution in [1.82, 2.24) is 0 Å². The zero-order valence-corrected chi connectivity index (χ0v) is 11.2. The summed E-state index contributed by atoms with van der Waals surface area (Å²) in [5.41, 5.74) is 6.89. The zero-order chi connectivity index (χ0) is 14.8. The number of hydrogen-bond donors (Lipinski definition) is 1. The Bertz CT molecular complexity index is 833. The van der Waals surface area contributed by atoms with Crippen molar-refractivity contribution in [2.24, 2.45) is 5.73 Å². The van der Waals surface area contributed by atoms with E-state index in [1.54, 1.807) is 30.3 Å². The smallest absolute Gasteiger partial charge is 0.249 e. The molecule has 3 rings (SSSR count). The lowest BCUT2D eigenvalue weighted by molar-refractivity contribution is 0.100. The molecule has 3 aromatic rings. The van der Waals surface area contributed by atoms with Crippen LogP contribution in [0.15, 0.2) is 66.7 Å². The standard InChI is InChI=1S/C18H13NO2/c19-18(21)15-11-5-9-12-8-4-10-14(16(12)15)17(20)13-6-2-1-3-7-13/h1-11H,(H2,19,21). The van der Waals surface area contributed by atoms with Gasteiger partial charge in [-0.25, -0.2) is 0 Å². The van der Waals surface area contributed by atoms with Crippen LogP contribution in [0.1, 0.15) is 26.3 Å². The molecule has 0 bridgehead atoms. The van der Waals surface area contributed by atoms with E-state index in [1.165, 1.54) is 0 Å². The highest BCUT2D eigenvalue weighted by Gasteiger charge is 2.16. The van der Waals surface area contributed by atoms with E-state index in [4.69, 9.17) is 5.73 Å². The van der Waals surface area contributed by atoms with Crippen molar-refractivity contribution in [2.75, 3.05) is 0 Å². The van der Waals surface area contributed by atoms with Gasteiger partial charge in [-0.05, 0) is 11.5 Å². The SMILES string of the molecule is NC(=O)c1cccc2cccc(C(=O)c3ccccc3)c12. The molecule has 0 aliphatic carbocycles. The molecule has 0 aliphatic rings. The Morgan fingerprint density at radius 2 is 1.33 bits per heavy atom. The van der Waals surface area contributed by atoms with Crippen LogP contribution in [-0.4, -0.2) is 11.7 Å². The van der Waals surface area contributed by atoms with E-state index < -0.39 is 5.91 Å². The normalized spacial score (nSPS) is 10.5. The number of primary amides is 1. The van der Waals surface area contributed by atoms with Crippen LogP contribution in [0.2, 0.25) is 0 Å². The van der Waals surface area contributed by atoms with Crippen molar-refractivity contribution in [2.45, 2.75) is 0 Å². The molecule has 0 fully saturated rings. The first kappa shape index (κ1) is 13.1. The van der Waals surface area contributed by atoms with E-state index >= 15 is 0 Å². The van der Waals surface area contributed by atoms with Gasteiger partial charge < -0.3 is 5.73 Å². The average Bonchev–Trinajstić information content (AvgIpc) is 2.53. The quantitative estimate of drug-likeness (QED) is 0.746. The molecule has 0 atom stereocenters. The van der Waals surface area contributed by atoms with Gasteiger partial charge >= 0.3 is 0 Å². The fourth-order valence-electron chi connectivity index (χ4n) is 2.48. The maximum Gasteiger partial charge on any atom is 0.249 e. The fraction of sp³-hybridized carbons (Fsp3) is 0. The van der Waals surface area contributed by atoms with E-state index in [0.717, 1.165) is 5.39 Å². The topological polar surface area (TPSA) is 60.2 Å². The summed E-state index contributed by atoms with van der Waals surface area (Å²) in [6.45, 7) is 0. The highest BCUT2D eigenvalue weighted by molar-refractivity contribution is 6.20. The highest BCUT2D eigenvalue weighted by atomic mass is 16.1. The Morgan fingerprint density at radius 3 is 1.95 bits per heavy atom. The van der Waals surface area contributed by atoms with Gasteiger partial charge in [0.05, 0.1) is 0 Å². The number of amides is 1. The molecular weight excluding hydrogens is 262 g/mol.